The summed E-state index contributed by atoms with van der Waals surface area (Å²) in [6.45, 7) is 1.21. The summed E-state index contributed by atoms with van der Waals surface area (Å²) in [4.78, 5) is 10.9. The molecule has 1 rings (SSSR count). The van der Waals surface area contributed by atoms with E-state index in [1.165, 1.54) is 0 Å². The number of ether oxygens (including phenoxy) is 3. The summed E-state index contributed by atoms with van der Waals surface area (Å²) in [6.07, 6.45) is -0.810. The number of carbonyl (C=O) groups is 1. The zero-order valence-corrected chi connectivity index (χ0v) is 6.88. The van der Waals surface area contributed by atoms with Crippen LogP contribution < -0.4 is 0 Å². The van der Waals surface area contributed by atoms with Crippen LogP contribution in [0, 0.1) is 0 Å². The first-order chi connectivity index (χ1) is 5.34. The molecule has 1 aliphatic heterocycles. The Morgan fingerprint density at radius 3 is 2.73 bits per heavy atom. The van der Waals surface area contributed by atoms with E-state index in [1.54, 1.807) is 0 Å². The molecule has 0 aliphatic carbocycles. The molecule has 0 aromatic carbocycles. The summed E-state index contributed by atoms with van der Waals surface area (Å²) in [6, 6.07) is 0. The maximum atomic E-state index is 10.9. The van der Waals surface area contributed by atoms with Crippen molar-refractivity contribution in [2.24, 2.45) is 0 Å². The van der Waals surface area contributed by atoms with Crippen molar-refractivity contribution in [1.82, 2.24) is 0 Å². The highest BCUT2D eigenvalue weighted by atomic mass is 32.1. The molecule has 1 saturated heterocycles. The Morgan fingerprint density at radius 1 is 1.55 bits per heavy atom. The molecular formula is C6H10O4S. The molecule has 4 nitrogen and oxygen atoms in total. The normalized spacial score (nSPS) is 18.6. The average Bonchev–Trinajstić information content (AvgIpc) is 2.52. The lowest BCUT2D eigenvalue weighted by Gasteiger charge is -2.07. The lowest BCUT2D eigenvalue weighted by atomic mass is 10.6. The fraction of sp³-hybridized carbons (Fsp3) is 0.833. The van der Waals surface area contributed by atoms with Crippen LogP contribution in [-0.4, -0.2) is 37.8 Å². The molecule has 0 spiro atoms. The fourth-order valence-electron chi connectivity index (χ4n) is 0.709. The van der Waals surface area contributed by atoms with Crippen LogP contribution in [0.5, 0.6) is 0 Å². The van der Waals surface area contributed by atoms with Gasteiger partial charge in [0.25, 0.3) is 6.29 Å². The maximum absolute atomic E-state index is 10.9. The van der Waals surface area contributed by atoms with E-state index in [4.69, 9.17) is 14.2 Å². The summed E-state index contributed by atoms with van der Waals surface area (Å²) in [7, 11) is 0. The minimum atomic E-state index is -0.810. The van der Waals surface area contributed by atoms with Crippen LogP contribution in [-0.2, 0) is 19.0 Å². The zero-order chi connectivity index (χ0) is 8.10. The van der Waals surface area contributed by atoms with Crippen LogP contribution >= 0.6 is 12.6 Å². The Hall–Kier alpha value is -0.260. The second-order valence-electron chi connectivity index (χ2n) is 1.96. The Bertz CT molecular complexity index is 133. The molecule has 1 aliphatic rings. The zero-order valence-electron chi connectivity index (χ0n) is 5.99. The van der Waals surface area contributed by atoms with Gasteiger partial charge in [-0.25, -0.2) is 4.79 Å². The number of hydrogen-bond acceptors (Lipinski definition) is 5. The highest BCUT2D eigenvalue weighted by Crippen LogP contribution is 2.04. The van der Waals surface area contributed by atoms with Crippen molar-refractivity contribution in [3.63, 3.8) is 0 Å². The average molecular weight is 178 g/mol. The minimum absolute atomic E-state index is 0.297. The predicted octanol–water partition coefficient (Wildman–Crippen LogP) is -0.168. The third kappa shape index (κ3) is 2.69. The van der Waals surface area contributed by atoms with Crippen molar-refractivity contribution in [2.45, 2.75) is 6.29 Å². The molecule has 1 heterocycles. The van der Waals surface area contributed by atoms with Crippen molar-refractivity contribution in [3.8, 4) is 0 Å². The van der Waals surface area contributed by atoms with Crippen LogP contribution in [0.3, 0.4) is 0 Å². The molecular weight excluding hydrogens is 168 g/mol. The molecule has 0 bridgehead atoms. The SMILES string of the molecule is O=C(OCCS)C1OCCO1. The largest absolute Gasteiger partial charge is 0.461 e. The molecule has 64 valence electrons. The number of carbonyl (C=O) groups excluding carboxylic acids is 1. The molecule has 0 aromatic rings. The molecule has 1 fully saturated rings. The lowest BCUT2D eigenvalue weighted by Crippen LogP contribution is -2.24. The molecule has 0 radical (unpaired) electrons. The lowest BCUT2D eigenvalue weighted by molar-refractivity contribution is -0.171. The van der Waals surface area contributed by atoms with E-state index < -0.39 is 12.3 Å². The highest BCUT2D eigenvalue weighted by molar-refractivity contribution is 7.80. The van der Waals surface area contributed by atoms with Gasteiger partial charge in [-0.1, -0.05) is 0 Å². The van der Waals surface area contributed by atoms with E-state index >= 15 is 0 Å². The number of rotatable bonds is 3. The second kappa shape index (κ2) is 4.58. The van der Waals surface area contributed by atoms with Gasteiger partial charge in [0, 0.05) is 5.75 Å². The van der Waals surface area contributed by atoms with Crippen molar-refractivity contribution in [2.75, 3.05) is 25.6 Å². The third-order valence-corrected chi connectivity index (χ3v) is 1.33. The monoisotopic (exact) mass is 178 g/mol. The Kier molecular flexibility index (Phi) is 3.68. The summed E-state index contributed by atoms with van der Waals surface area (Å²) >= 11 is 3.88. The smallest absolute Gasteiger partial charge is 0.363 e. The van der Waals surface area contributed by atoms with Crippen LogP contribution in [0.4, 0.5) is 0 Å². The van der Waals surface area contributed by atoms with Crippen molar-refractivity contribution in [3.05, 3.63) is 0 Å². The van der Waals surface area contributed by atoms with Gasteiger partial charge in [0.15, 0.2) is 0 Å². The van der Waals surface area contributed by atoms with Gasteiger partial charge in [-0.15, -0.1) is 0 Å². The molecule has 0 amide bonds. The second-order valence-corrected chi connectivity index (χ2v) is 2.41. The highest BCUT2D eigenvalue weighted by Gasteiger charge is 2.25. The Balaban J connectivity index is 2.17. The van der Waals surface area contributed by atoms with Gasteiger partial charge >= 0.3 is 5.97 Å². The van der Waals surface area contributed by atoms with E-state index in [1.807, 2.05) is 0 Å². The fourth-order valence-corrected chi connectivity index (χ4v) is 0.800. The van der Waals surface area contributed by atoms with Crippen LogP contribution in [0.25, 0.3) is 0 Å². The van der Waals surface area contributed by atoms with Gasteiger partial charge in [0.2, 0.25) is 0 Å². The first-order valence-corrected chi connectivity index (χ1v) is 3.98. The Morgan fingerprint density at radius 2 is 2.18 bits per heavy atom. The van der Waals surface area contributed by atoms with Gasteiger partial charge in [0.1, 0.15) is 6.61 Å². The summed E-state index contributed by atoms with van der Waals surface area (Å²) in [5.74, 6) is 0.0508. The van der Waals surface area contributed by atoms with Gasteiger partial charge in [-0.05, 0) is 0 Å². The van der Waals surface area contributed by atoms with E-state index in [9.17, 15) is 4.79 Å². The van der Waals surface area contributed by atoms with Crippen molar-refractivity contribution < 1.29 is 19.0 Å². The van der Waals surface area contributed by atoms with Crippen molar-refractivity contribution in [1.29, 1.82) is 0 Å². The predicted molar refractivity (Wildman–Crippen MR) is 40.5 cm³/mol. The van der Waals surface area contributed by atoms with E-state index in [-0.39, 0.29) is 0 Å². The molecule has 0 saturated carbocycles. The number of hydrogen-bond donors (Lipinski definition) is 1. The third-order valence-electron chi connectivity index (χ3n) is 1.15. The molecule has 0 atom stereocenters. The molecule has 0 aromatic heterocycles. The first-order valence-electron chi connectivity index (χ1n) is 3.35. The summed E-state index contributed by atoms with van der Waals surface area (Å²) < 4.78 is 14.5. The quantitative estimate of drug-likeness (QED) is 0.481. The van der Waals surface area contributed by atoms with Gasteiger partial charge in [-0.2, -0.15) is 12.6 Å². The van der Waals surface area contributed by atoms with Gasteiger partial charge in [0.05, 0.1) is 13.2 Å². The summed E-state index contributed by atoms with van der Waals surface area (Å²) in [5.41, 5.74) is 0. The van der Waals surface area contributed by atoms with Gasteiger partial charge in [-0.3, -0.25) is 0 Å². The molecule has 5 heteroatoms. The molecule has 0 N–H and O–H groups in total. The Labute approximate surface area is 70.2 Å². The molecule has 11 heavy (non-hydrogen) atoms. The minimum Gasteiger partial charge on any atom is -0.461 e. The topological polar surface area (TPSA) is 44.8 Å². The van der Waals surface area contributed by atoms with Crippen molar-refractivity contribution >= 4 is 18.6 Å². The van der Waals surface area contributed by atoms with E-state index in [0.29, 0.717) is 25.6 Å². The van der Waals surface area contributed by atoms with Crippen LogP contribution in [0.1, 0.15) is 0 Å². The maximum Gasteiger partial charge on any atom is 0.363 e. The summed E-state index contributed by atoms with van der Waals surface area (Å²) in [5, 5.41) is 0. The van der Waals surface area contributed by atoms with Crippen LogP contribution in [0.15, 0.2) is 0 Å². The number of esters is 1. The standard InChI is InChI=1S/C6H10O4S/c7-5(8-3-4-11)6-9-1-2-10-6/h6,11H,1-4H2. The van der Waals surface area contributed by atoms with E-state index in [2.05, 4.69) is 12.6 Å². The van der Waals surface area contributed by atoms with E-state index in [0.717, 1.165) is 0 Å². The molecule has 0 unspecified atom stereocenters. The van der Waals surface area contributed by atoms with Crippen LogP contribution in [0.2, 0.25) is 0 Å². The number of thiol groups is 1. The van der Waals surface area contributed by atoms with Gasteiger partial charge < -0.3 is 14.2 Å². The first kappa shape index (κ1) is 8.83.